The predicted octanol–water partition coefficient (Wildman–Crippen LogP) is -0.128. The first kappa shape index (κ1) is 18.1. The number of hydrogen-bond donors (Lipinski definition) is 1. The summed E-state index contributed by atoms with van der Waals surface area (Å²) in [5, 5.41) is 17.9. The van der Waals surface area contributed by atoms with Crippen molar-refractivity contribution in [1.82, 2.24) is 15.1 Å². The lowest BCUT2D eigenvalue weighted by Gasteiger charge is -2.10. The van der Waals surface area contributed by atoms with Gasteiger partial charge in [0.1, 0.15) is 18.0 Å². The summed E-state index contributed by atoms with van der Waals surface area (Å²) in [4.78, 5) is 47.1. The lowest BCUT2D eigenvalue weighted by molar-refractivity contribution is -0.255. The first-order chi connectivity index (χ1) is 12.9. The molecule has 0 bridgehead atoms. The fraction of sp³-hybridized carbons (Fsp3) is 0.167. The molecule has 2 aromatic heterocycles. The maximum absolute atomic E-state index is 12.5. The molecular formula is C18H14N3O6-. The van der Waals surface area contributed by atoms with Crippen LogP contribution in [-0.2, 0) is 17.9 Å². The normalized spacial score (nSPS) is 10.7. The van der Waals surface area contributed by atoms with Gasteiger partial charge in [-0.3, -0.25) is 14.4 Å². The average molecular weight is 368 g/mol. The van der Waals surface area contributed by atoms with Gasteiger partial charge in [0.05, 0.1) is 17.9 Å². The monoisotopic (exact) mass is 368 g/mol. The minimum Gasteiger partial charge on any atom is -0.543 e. The van der Waals surface area contributed by atoms with Crippen molar-refractivity contribution in [2.24, 2.45) is 0 Å². The average Bonchev–Trinajstić information content (AvgIpc) is 3.11. The molecule has 0 aliphatic rings. The quantitative estimate of drug-likeness (QED) is 0.599. The Morgan fingerprint density at radius 2 is 1.85 bits per heavy atom. The first-order valence-electron chi connectivity index (χ1n) is 7.94. The molecule has 0 atom stereocenters. The Kier molecular flexibility index (Phi) is 4.84. The van der Waals surface area contributed by atoms with E-state index in [2.05, 4.69) is 10.4 Å². The molecule has 3 rings (SSSR count). The number of hydrogen-bond acceptors (Lipinski definition) is 7. The Bertz CT molecular complexity index is 1110. The van der Waals surface area contributed by atoms with Gasteiger partial charge < -0.3 is 19.6 Å². The van der Waals surface area contributed by atoms with Gasteiger partial charge in [0.15, 0.2) is 5.76 Å². The smallest absolute Gasteiger partial charge is 0.275 e. The molecule has 0 saturated carbocycles. The minimum absolute atomic E-state index is 0.0350. The first-order valence-corrected chi connectivity index (χ1v) is 7.94. The van der Waals surface area contributed by atoms with Crippen molar-refractivity contribution in [3.63, 3.8) is 0 Å². The molecule has 1 amide bonds. The van der Waals surface area contributed by atoms with E-state index in [-0.39, 0.29) is 29.0 Å². The van der Waals surface area contributed by atoms with Crippen LogP contribution in [-0.4, -0.2) is 27.4 Å². The van der Waals surface area contributed by atoms with Crippen molar-refractivity contribution in [3.8, 4) is 0 Å². The summed E-state index contributed by atoms with van der Waals surface area (Å²) in [6.45, 7) is 0.963. The van der Waals surface area contributed by atoms with Gasteiger partial charge >= 0.3 is 0 Å². The van der Waals surface area contributed by atoms with E-state index in [1.54, 1.807) is 12.1 Å². The number of carbonyl (C=O) groups excluding carboxylic acids is 3. The van der Waals surface area contributed by atoms with E-state index < -0.39 is 29.6 Å². The van der Waals surface area contributed by atoms with Gasteiger partial charge in [-0.05, 0) is 18.2 Å². The molecule has 0 saturated heterocycles. The van der Waals surface area contributed by atoms with Crippen LogP contribution in [0.15, 0.2) is 45.6 Å². The molecule has 0 spiro atoms. The Balaban J connectivity index is 1.91. The zero-order valence-corrected chi connectivity index (χ0v) is 14.2. The highest BCUT2D eigenvalue weighted by atomic mass is 16.4. The molecule has 0 aliphatic heterocycles. The molecule has 0 fully saturated rings. The van der Waals surface area contributed by atoms with Crippen molar-refractivity contribution in [1.29, 1.82) is 0 Å². The SMILES string of the molecule is CC(=O)NCc1ccc(C(=O)Cn2nc(C(=O)[O-])c3ccccc3c2=O)o1. The summed E-state index contributed by atoms with van der Waals surface area (Å²) in [7, 11) is 0. The maximum Gasteiger partial charge on any atom is 0.275 e. The van der Waals surface area contributed by atoms with E-state index in [4.69, 9.17) is 4.42 Å². The molecule has 27 heavy (non-hydrogen) atoms. The molecule has 2 heterocycles. The molecule has 3 aromatic rings. The van der Waals surface area contributed by atoms with Crippen molar-refractivity contribution < 1.29 is 23.9 Å². The van der Waals surface area contributed by atoms with Crippen molar-refractivity contribution in [2.45, 2.75) is 20.0 Å². The third-order valence-corrected chi connectivity index (χ3v) is 3.80. The third kappa shape index (κ3) is 3.76. The number of Topliss-reactive ketones (excluding diaryl/α,β-unsaturated/α-hetero) is 1. The van der Waals surface area contributed by atoms with Crippen molar-refractivity contribution in [2.75, 3.05) is 0 Å². The number of aromatic nitrogens is 2. The fourth-order valence-corrected chi connectivity index (χ4v) is 2.54. The zero-order valence-electron chi connectivity index (χ0n) is 14.2. The number of rotatable bonds is 6. The van der Waals surface area contributed by atoms with Crippen molar-refractivity contribution in [3.05, 3.63) is 64.0 Å². The number of nitrogens with zero attached hydrogens (tertiary/aromatic N) is 2. The minimum atomic E-state index is -1.55. The van der Waals surface area contributed by atoms with E-state index in [9.17, 15) is 24.3 Å². The summed E-state index contributed by atoms with van der Waals surface area (Å²) >= 11 is 0. The summed E-state index contributed by atoms with van der Waals surface area (Å²) in [5.41, 5.74) is -1.03. The summed E-state index contributed by atoms with van der Waals surface area (Å²) in [6, 6.07) is 8.98. The van der Waals surface area contributed by atoms with Crippen LogP contribution in [0.5, 0.6) is 0 Å². The van der Waals surface area contributed by atoms with Gasteiger partial charge in [-0.2, -0.15) is 5.10 Å². The molecule has 0 unspecified atom stereocenters. The highest BCUT2D eigenvalue weighted by molar-refractivity contribution is 6.00. The molecule has 138 valence electrons. The second-order valence-corrected chi connectivity index (χ2v) is 5.74. The highest BCUT2D eigenvalue weighted by Gasteiger charge is 2.17. The van der Waals surface area contributed by atoms with Gasteiger partial charge in [0, 0.05) is 12.3 Å². The van der Waals surface area contributed by atoms with Crippen LogP contribution < -0.4 is 16.0 Å². The number of fused-ring (bicyclic) bond motifs is 1. The molecule has 0 radical (unpaired) electrons. The van der Waals surface area contributed by atoms with Crippen LogP contribution in [0.25, 0.3) is 10.8 Å². The summed E-state index contributed by atoms with van der Waals surface area (Å²) < 4.78 is 6.11. The Morgan fingerprint density at radius 3 is 2.52 bits per heavy atom. The van der Waals surface area contributed by atoms with E-state index in [1.165, 1.54) is 31.2 Å². The van der Waals surface area contributed by atoms with E-state index in [1.807, 2.05) is 0 Å². The van der Waals surface area contributed by atoms with Crippen LogP contribution in [0, 0.1) is 0 Å². The number of ketones is 1. The number of aromatic carboxylic acids is 1. The van der Waals surface area contributed by atoms with Gasteiger partial charge in [-0.15, -0.1) is 0 Å². The number of carboxylic acids is 1. The zero-order chi connectivity index (χ0) is 19.6. The van der Waals surface area contributed by atoms with Crippen LogP contribution >= 0.6 is 0 Å². The topological polar surface area (TPSA) is 134 Å². The number of carbonyl (C=O) groups is 3. The Morgan fingerprint density at radius 1 is 1.15 bits per heavy atom. The van der Waals surface area contributed by atoms with Crippen LogP contribution in [0.2, 0.25) is 0 Å². The fourth-order valence-electron chi connectivity index (χ4n) is 2.54. The molecule has 1 aromatic carbocycles. The van der Waals surface area contributed by atoms with Crippen LogP contribution in [0.1, 0.15) is 33.7 Å². The lowest BCUT2D eigenvalue weighted by atomic mass is 10.1. The van der Waals surface area contributed by atoms with E-state index in [0.29, 0.717) is 5.76 Å². The summed E-state index contributed by atoms with van der Waals surface area (Å²) in [6.07, 6.45) is 0. The van der Waals surface area contributed by atoms with Gasteiger partial charge in [-0.25, -0.2) is 4.68 Å². The van der Waals surface area contributed by atoms with Crippen molar-refractivity contribution >= 4 is 28.4 Å². The predicted molar refractivity (Wildman–Crippen MR) is 90.9 cm³/mol. The second kappa shape index (κ2) is 7.24. The Hall–Kier alpha value is -3.75. The number of benzene rings is 1. The maximum atomic E-state index is 12.5. The molecule has 9 heteroatoms. The van der Waals surface area contributed by atoms with E-state index in [0.717, 1.165) is 4.68 Å². The Labute approximate surface area is 152 Å². The number of amides is 1. The largest absolute Gasteiger partial charge is 0.543 e. The highest BCUT2D eigenvalue weighted by Crippen LogP contribution is 2.13. The molecule has 1 N–H and O–H groups in total. The lowest BCUT2D eigenvalue weighted by Crippen LogP contribution is -2.32. The number of furan rings is 1. The third-order valence-electron chi connectivity index (χ3n) is 3.80. The second-order valence-electron chi connectivity index (χ2n) is 5.74. The number of carboxylic acid groups (broad SMARTS) is 1. The molecular weight excluding hydrogens is 354 g/mol. The molecule has 0 aliphatic carbocycles. The van der Waals surface area contributed by atoms with Gasteiger partial charge in [-0.1, -0.05) is 18.2 Å². The standard InChI is InChI=1S/C18H15N3O6/c1-10(22)19-8-11-6-7-15(27-11)14(23)9-21-17(24)13-5-3-2-4-12(13)16(20-21)18(25)26/h2-7H,8-9H2,1H3,(H,19,22)(H,25,26)/p-1. The number of nitrogens with one attached hydrogen (secondary N) is 1. The molecule has 9 nitrogen and oxygen atoms in total. The van der Waals surface area contributed by atoms with Gasteiger partial charge in [0.25, 0.3) is 5.56 Å². The van der Waals surface area contributed by atoms with Crippen LogP contribution in [0.3, 0.4) is 0 Å². The van der Waals surface area contributed by atoms with E-state index >= 15 is 0 Å². The van der Waals surface area contributed by atoms with Gasteiger partial charge in [0.2, 0.25) is 11.7 Å². The van der Waals surface area contributed by atoms with Crippen LogP contribution in [0.4, 0.5) is 0 Å². The summed E-state index contributed by atoms with van der Waals surface area (Å²) in [5.74, 6) is -2.04.